The van der Waals surface area contributed by atoms with Gasteiger partial charge in [0.05, 0.1) is 64.1 Å². The lowest BCUT2D eigenvalue weighted by Gasteiger charge is -2.32. The lowest BCUT2D eigenvalue weighted by Crippen LogP contribution is -2.50. The monoisotopic (exact) mass is 838 g/mol. The SMILES string of the molecule is O[C@@H]1[C@@H](O)[C@@H](Cn2nnc(-c3ccccc3)c2-c2ccccc2)OCCOCCOc2ccccc2OCCOCCO[C@@H]1Cn1nnc(-c2ccccc2)c1-c1ccccc1. The number of para-hydroxylation sites is 2. The topological polar surface area (TPSA) is 157 Å². The van der Waals surface area contributed by atoms with E-state index in [1.807, 2.05) is 146 Å². The smallest absolute Gasteiger partial charge is 0.161 e. The Balaban J connectivity index is 1.11. The zero-order valence-electron chi connectivity index (χ0n) is 34.3. The number of fused-ring (bicyclic) bond motifs is 1. The third kappa shape index (κ3) is 10.6. The third-order valence-corrected chi connectivity index (χ3v) is 10.4. The molecule has 0 amide bonds. The minimum Gasteiger partial charge on any atom is -0.487 e. The zero-order chi connectivity index (χ0) is 42.4. The van der Waals surface area contributed by atoms with Gasteiger partial charge in [-0.3, -0.25) is 0 Å². The highest BCUT2D eigenvalue weighted by molar-refractivity contribution is 5.79. The third-order valence-electron chi connectivity index (χ3n) is 10.4. The average Bonchev–Trinajstić information content (AvgIpc) is 3.95. The van der Waals surface area contributed by atoms with E-state index in [9.17, 15) is 10.2 Å². The summed E-state index contributed by atoms with van der Waals surface area (Å²) in [5, 5.41) is 43.0. The highest BCUT2D eigenvalue weighted by atomic mass is 16.6. The predicted molar refractivity (Wildman–Crippen MR) is 232 cm³/mol. The van der Waals surface area contributed by atoms with Crippen LogP contribution in [0, 0.1) is 0 Å². The molecule has 4 atom stereocenters. The molecule has 14 heteroatoms. The number of aliphatic hydroxyl groups excluding tert-OH is 2. The molecule has 320 valence electrons. The Bertz CT molecular complexity index is 2230. The van der Waals surface area contributed by atoms with Crippen molar-refractivity contribution < 1.29 is 38.6 Å². The molecule has 0 aliphatic carbocycles. The maximum absolute atomic E-state index is 12.3. The van der Waals surface area contributed by atoms with E-state index >= 15 is 0 Å². The molecule has 0 spiro atoms. The van der Waals surface area contributed by atoms with Gasteiger partial charge in [0.25, 0.3) is 0 Å². The van der Waals surface area contributed by atoms with E-state index in [0.717, 1.165) is 33.6 Å². The van der Waals surface area contributed by atoms with Gasteiger partial charge in [0.2, 0.25) is 0 Å². The largest absolute Gasteiger partial charge is 0.487 e. The van der Waals surface area contributed by atoms with Crippen molar-refractivity contribution in [1.29, 1.82) is 0 Å². The summed E-state index contributed by atoms with van der Waals surface area (Å²) in [7, 11) is 0. The molecule has 3 heterocycles. The first-order valence-electron chi connectivity index (χ1n) is 20.8. The van der Waals surface area contributed by atoms with E-state index in [-0.39, 0.29) is 65.9 Å². The molecule has 14 nitrogen and oxygen atoms in total. The van der Waals surface area contributed by atoms with Crippen LogP contribution in [0.2, 0.25) is 0 Å². The molecular weight excluding hydrogens is 789 g/mol. The normalized spacial score (nSPS) is 19.7. The first kappa shape index (κ1) is 42.4. The summed E-state index contributed by atoms with van der Waals surface area (Å²) in [5.74, 6) is 1.20. The van der Waals surface area contributed by atoms with Gasteiger partial charge in [-0.2, -0.15) is 0 Å². The summed E-state index contributed by atoms with van der Waals surface area (Å²) in [4.78, 5) is 0. The van der Waals surface area contributed by atoms with Crippen LogP contribution in [0.25, 0.3) is 45.0 Å². The van der Waals surface area contributed by atoms with Crippen LogP contribution in [0.3, 0.4) is 0 Å². The molecule has 0 fully saturated rings. The highest BCUT2D eigenvalue weighted by Gasteiger charge is 2.36. The average molecular weight is 839 g/mol. The minimum atomic E-state index is -1.48. The van der Waals surface area contributed by atoms with Crippen LogP contribution in [0.5, 0.6) is 11.5 Å². The minimum absolute atomic E-state index is 0.0365. The summed E-state index contributed by atoms with van der Waals surface area (Å²) in [6.07, 6.45) is -4.97. The summed E-state index contributed by atoms with van der Waals surface area (Å²) < 4.78 is 40.0. The molecule has 5 aromatic carbocycles. The van der Waals surface area contributed by atoms with E-state index in [1.54, 1.807) is 9.36 Å². The number of aliphatic hydroxyl groups is 2. The molecule has 0 saturated heterocycles. The molecule has 62 heavy (non-hydrogen) atoms. The number of aromatic nitrogens is 6. The summed E-state index contributed by atoms with van der Waals surface area (Å²) in [5.41, 5.74) is 6.33. The van der Waals surface area contributed by atoms with Crippen molar-refractivity contribution in [3.05, 3.63) is 146 Å². The van der Waals surface area contributed by atoms with Gasteiger partial charge < -0.3 is 38.6 Å². The quantitative estimate of drug-likeness (QED) is 0.178. The number of rotatable bonds is 8. The molecule has 1 aliphatic heterocycles. The van der Waals surface area contributed by atoms with Gasteiger partial charge in [0.15, 0.2) is 11.5 Å². The lowest BCUT2D eigenvalue weighted by atomic mass is 10.0. The Morgan fingerprint density at radius 1 is 0.419 bits per heavy atom. The van der Waals surface area contributed by atoms with Crippen molar-refractivity contribution in [1.82, 2.24) is 30.0 Å². The second kappa shape index (κ2) is 21.5. The van der Waals surface area contributed by atoms with Crippen LogP contribution in [-0.2, 0) is 32.0 Å². The van der Waals surface area contributed by atoms with E-state index in [0.29, 0.717) is 22.9 Å². The van der Waals surface area contributed by atoms with Crippen LogP contribution in [0.15, 0.2) is 146 Å². The fourth-order valence-corrected chi connectivity index (χ4v) is 7.36. The first-order chi connectivity index (χ1) is 30.6. The summed E-state index contributed by atoms with van der Waals surface area (Å²) in [6, 6.07) is 46.7. The molecule has 8 rings (SSSR count). The van der Waals surface area contributed by atoms with Crippen LogP contribution < -0.4 is 9.47 Å². The molecule has 0 bridgehead atoms. The summed E-state index contributed by atoms with van der Waals surface area (Å²) >= 11 is 0. The Morgan fingerprint density at radius 3 is 1.15 bits per heavy atom. The van der Waals surface area contributed by atoms with Crippen molar-refractivity contribution in [2.75, 3.05) is 52.9 Å². The zero-order valence-corrected chi connectivity index (χ0v) is 34.3. The molecule has 7 aromatic rings. The number of ether oxygens (including phenoxy) is 6. The van der Waals surface area contributed by atoms with E-state index in [1.165, 1.54) is 0 Å². The first-order valence-corrected chi connectivity index (χ1v) is 20.8. The van der Waals surface area contributed by atoms with Gasteiger partial charge in [-0.25, -0.2) is 9.36 Å². The number of hydrogen-bond donors (Lipinski definition) is 2. The molecule has 1 aliphatic rings. The maximum atomic E-state index is 12.3. The molecule has 0 radical (unpaired) electrons. The number of benzene rings is 5. The fourth-order valence-electron chi connectivity index (χ4n) is 7.36. The summed E-state index contributed by atoms with van der Waals surface area (Å²) in [6.45, 7) is 1.76. The van der Waals surface area contributed by atoms with Crippen LogP contribution >= 0.6 is 0 Å². The van der Waals surface area contributed by atoms with E-state index in [4.69, 9.17) is 28.4 Å². The van der Waals surface area contributed by atoms with Crippen LogP contribution in [0.1, 0.15) is 0 Å². The van der Waals surface area contributed by atoms with Crippen LogP contribution in [0.4, 0.5) is 0 Å². The predicted octanol–water partition coefficient (Wildman–Crippen LogP) is 6.23. The Labute approximate surface area is 360 Å². The van der Waals surface area contributed by atoms with Gasteiger partial charge in [-0.1, -0.05) is 144 Å². The van der Waals surface area contributed by atoms with Crippen molar-refractivity contribution in [3.8, 4) is 56.5 Å². The number of hydrogen-bond acceptors (Lipinski definition) is 12. The fraction of sp³-hybridized carbons (Fsp3) is 0.292. The Hall–Kier alpha value is -6.26. The molecule has 2 aromatic heterocycles. The molecule has 2 N–H and O–H groups in total. The van der Waals surface area contributed by atoms with E-state index in [2.05, 4.69) is 20.6 Å². The Kier molecular flexibility index (Phi) is 14.7. The van der Waals surface area contributed by atoms with Crippen molar-refractivity contribution in [2.45, 2.75) is 37.5 Å². The molecule has 0 saturated carbocycles. The lowest BCUT2D eigenvalue weighted by molar-refractivity contribution is -0.151. The van der Waals surface area contributed by atoms with Gasteiger partial charge in [0.1, 0.15) is 49.0 Å². The van der Waals surface area contributed by atoms with Gasteiger partial charge in [-0.15, -0.1) is 10.2 Å². The van der Waals surface area contributed by atoms with Crippen molar-refractivity contribution in [2.24, 2.45) is 0 Å². The van der Waals surface area contributed by atoms with Crippen molar-refractivity contribution in [3.63, 3.8) is 0 Å². The standard InChI is InChI=1S/C48H50N6O8/c55-47-41(33-53-45(37-19-9-3-10-20-37)43(49-51-53)35-15-5-1-6-16-35)61-31-27-57-25-29-59-39-23-13-14-24-40(39)60-30-26-58-28-32-62-42(48(47)56)34-54-46(38-21-11-4-12-22-38)44(50-52-54)36-17-7-2-8-18-36/h1-24,41-42,47-48,55-56H,25-34H2/t41-,42-,47+,48+/m1/s1. The second-order valence-corrected chi connectivity index (χ2v) is 14.6. The number of nitrogens with zero attached hydrogens (tertiary/aromatic N) is 6. The van der Waals surface area contributed by atoms with E-state index < -0.39 is 24.4 Å². The van der Waals surface area contributed by atoms with Crippen molar-refractivity contribution >= 4 is 0 Å². The highest BCUT2D eigenvalue weighted by Crippen LogP contribution is 2.33. The molecular formula is C48H50N6O8. The van der Waals surface area contributed by atoms with Gasteiger partial charge >= 0.3 is 0 Å². The molecule has 0 unspecified atom stereocenters. The maximum Gasteiger partial charge on any atom is 0.161 e. The van der Waals surface area contributed by atoms with Gasteiger partial charge in [0, 0.05) is 22.3 Å². The second-order valence-electron chi connectivity index (χ2n) is 14.6. The Morgan fingerprint density at radius 2 is 0.758 bits per heavy atom. The van der Waals surface area contributed by atoms with Crippen LogP contribution in [-0.4, -0.2) is 117 Å². The van der Waals surface area contributed by atoms with Gasteiger partial charge in [-0.05, 0) is 12.1 Å².